The predicted octanol–water partition coefficient (Wildman–Crippen LogP) is 2.96. The summed E-state index contributed by atoms with van der Waals surface area (Å²) in [6.45, 7) is 0.883. The number of para-hydroxylation sites is 1. The molecular formula is C21H22N4O6. The molecule has 3 aromatic rings. The van der Waals surface area contributed by atoms with Gasteiger partial charge in [-0.1, -0.05) is 18.2 Å². The van der Waals surface area contributed by atoms with Crippen molar-refractivity contribution in [2.45, 2.75) is 0 Å². The smallest absolute Gasteiger partial charge is 0.360 e. The summed E-state index contributed by atoms with van der Waals surface area (Å²) in [6, 6.07) is 14.1. The maximum Gasteiger partial charge on any atom is 0.360 e. The molecule has 31 heavy (non-hydrogen) atoms. The molecule has 0 unspecified atom stereocenters. The Kier molecular flexibility index (Phi) is 7.41. The highest BCUT2D eigenvalue weighted by molar-refractivity contribution is 5.90. The van der Waals surface area contributed by atoms with Crippen LogP contribution in [0.1, 0.15) is 10.5 Å². The van der Waals surface area contributed by atoms with Crippen molar-refractivity contribution in [1.29, 1.82) is 0 Å². The number of methoxy groups -OCH3 is 3. The van der Waals surface area contributed by atoms with Gasteiger partial charge in [0.05, 0.1) is 33.9 Å². The number of esters is 1. The highest BCUT2D eigenvalue weighted by Crippen LogP contribution is 2.27. The fourth-order valence-corrected chi connectivity index (χ4v) is 2.47. The highest BCUT2D eigenvalue weighted by Gasteiger charge is 2.19. The molecule has 1 aromatic carbocycles. The van der Waals surface area contributed by atoms with E-state index in [1.807, 2.05) is 30.3 Å². The Labute approximate surface area is 179 Å². The topological polar surface area (TPSA) is 114 Å². The lowest BCUT2D eigenvalue weighted by Crippen LogP contribution is -2.14. The van der Waals surface area contributed by atoms with Gasteiger partial charge in [-0.3, -0.25) is 0 Å². The van der Waals surface area contributed by atoms with E-state index in [1.165, 1.54) is 27.4 Å². The molecule has 0 spiro atoms. The molecule has 0 saturated carbocycles. The van der Waals surface area contributed by atoms with Crippen molar-refractivity contribution in [3.63, 3.8) is 0 Å². The van der Waals surface area contributed by atoms with Gasteiger partial charge >= 0.3 is 12.0 Å². The average Bonchev–Trinajstić information content (AvgIpc) is 2.82. The minimum absolute atomic E-state index is 0.0399. The number of benzene rings is 1. The fraction of sp³-hybridized carbons (Fsp3) is 0.238. The number of nitrogens with zero attached hydrogens (tertiary/aromatic N) is 3. The molecule has 0 radical (unpaired) electrons. The molecule has 0 aliphatic heterocycles. The predicted molar refractivity (Wildman–Crippen MR) is 111 cm³/mol. The summed E-state index contributed by atoms with van der Waals surface area (Å²) in [5.41, 5.74) is -0.0399. The van der Waals surface area contributed by atoms with Gasteiger partial charge in [0, 0.05) is 0 Å². The summed E-state index contributed by atoms with van der Waals surface area (Å²) in [5, 5.41) is 3.09. The molecule has 10 heteroatoms. The number of carbonyl (C=O) groups excluding carboxylic acids is 1. The summed E-state index contributed by atoms with van der Waals surface area (Å²) >= 11 is 0. The maximum absolute atomic E-state index is 12.2. The van der Waals surface area contributed by atoms with Crippen LogP contribution in [0.3, 0.4) is 0 Å². The van der Waals surface area contributed by atoms with Gasteiger partial charge in [-0.15, -0.1) is 0 Å². The number of ether oxygens (including phenoxy) is 5. The van der Waals surface area contributed by atoms with Gasteiger partial charge in [-0.25, -0.2) is 9.78 Å². The molecule has 1 N–H and O–H groups in total. The molecule has 162 valence electrons. The van der Waals surface area contributed by atoms with Crippen LogP contribution >= 0.6 is 0 Å². The first kappa shape index (κ1) is 21.6. The van der Waals surface area contributed by atoms with Gasteiger partial charge in [0.1, 0.15) is 18.2 Å². The van der Waals surface area contributed by atoms with Gasteiger partial charge in [-0.2, -0.15) is 9.97 Å². The molecule has 0 amide bonds. The van der Waals surface area contributed by atoms with E-state index in [0.717, 1.165) is 5.75 Å². The number of anilines is 1. The largest absolute Gasteiger partial charge is 0.492 e. The van der Waals surface area contributed by atoms with Crippen molar-refractivity contribution in [2.75, 3.05) is 39.8 Å². The summed E-state index contributed by atoms with van der Waals surface area (Å²) in [7, 11) is 4.16. The molecule has 2 heterocycles. The van der Waals surface area contributed by atoms with Crippen LogP contribution < -0.4 is 24.3 Å². The van der Waals surface area contributed by atoms with E-state index in [4.69, 9.17) is 23.7 Å². The molecule has 0 bridgehead atoms. The summed E-state index contributed by atoms with van der Waals surface area (Å²) in [4.78, 5) is 24.7. The zero-order valence-electron chi connectivity index (χ0n) is 17.3. The lowest BCUT2D eigenvalue weighted by atomic mass is 10.3. The number of hydrogen-bond donors (Lipinski definition) is 1. The van der Waals surface area contributed by atoms with Crippen molar-refractivity contribution in [3.05, 3.63) is 54.2 Å². The third-order valence-electron chi connectivity index (χ3n) is 3.94. The second-order valence-corrected chi connectivity index (χ2v) is 5.96. The van der Waals surface area contributed by atoms with Crippen LogP contribution in [0.5, 0.6) is 29.3 Å². The lowest BCUT2D eigenvalue weighted by Gasteiger charge is -2.12. The Balaban J connectivity index is 1.72. The van der Waals surface area contributed by atoms with E-state index in [2.05, 4.69) is 20.3 Å². The molecule has 0 saturated heterocycles. The van der Waals surface area contributed by atoms with Gasteiger partial charge in [0.2, 0.25) is 11.8 Å². The van der Waals surface area contributed by atoms with Crippen LogP contribution in [-0.2, 0) is 4.74 Å². The Hall–Kier alpha value is -4.08. The first-order valence-electron chi connectivity index (χ1n) is 9.29. The van der Waals surface area contributed by atoms with Crippen molar-refractivity contribution in [3.8, 4) is 29.3 Å². The maximum atomic E-state index is 12.2. The average molecular weight is 426 g/mol. The number of nitrogens with one attached hydrogen (secondary N) is 1. The molecule has 0 fully saturated rings. The molecular weight excluding hydrogens is 404 g/mol. The van der Waals surface area contributed by atoms with Gasteiger partial charge in [0.15, 0.2) is 11.4 Å². The second-order valence-electron chi connectivity index (χ2n) is 5.96. The standard InChI is InChI=1S/C21H22N4O6/c1-27-17-13-18(28-2)25-21(24-17)31-15-9-10-16(23-19(15)20(26)29-3)22-11-12-30-14-7-5-4-6-8-14/h4-10,13H,11-12H2,1-3H3,(H,22,23). The third-order valence-corrected chi connectivity index (χ3v) is 3.94. The zero-order valence-corrected chi connectivity index (χ0v) is 17.3. The number of hydrogen-bond acceptors (Lipinski definition) is 10. The second kappa shape index (κ2) is 10.6. The minimum Gasteiger partial charge on any atom is -0.492 e. The van der Waals surface area contributed by atoms with Crippen molar-refractivity contribution in [1.82, 2.24) is 15.0 Å². The van der Waals surface area contributed by atoms with Crippen LogP contribution in [-0.4, -0.2) is 55.4 Å². The van der Waals surface area contributed by atoms with Crippen LogP contribution in [0.25, 0.3) is 0 Å². The van der Waals surface area contributed by atoms with Crippen molar-refractivity contribution < 1.29 is 28.5 Å². The number of pyridine rings is 1. The van der Waals surface area contributed by atoms with E-state index < -0.39 is 5.97 Å². The minimum atomic E-state index is -0.672. The van der Waals surface area contributed by atoms with Gasteiger partial charge in [-0.05, 0) is 24.3 Å². The van der Waals surface area contributed by atoms with Crippen LogP contribution in [0.2, 0.25) is 0 Å². The van der Waals surface area contributed by atoms with E-state index >= 15 is 0 Å². The monoisotopic (exact) mass is 426 g/mol. The van der Waals surface area contributed by atoms with E-state index in [-0.39, 0.29) is 29.2 Å². The molecule has 3 rings (SSSR count). The van der Waals surface area contributed by atoms with E-state index in [9.17, 15) is 4.79 Å². The van der Waals surface area contributed by atoms with Crippen molar-refractivity contribution in [2.24, 2.45) is 0 Å². The zero-order chi connectivity index (χ0) is 22.1. The van der Waals surface area contributed by atoms with Gasteiger partial charge < -0.3 is 29.0 Å². The highest BCUT2D eigenvalue weighted by atomic mass is 16.5. The van der Waals surface area contributed by atoms with E-state index in [0.29, 0.717) is 19.0 Å². The van der Waals surface area contributed by atoms with Crippen LogP contribution in [0.15, 0.2) is 48.5 Å². The summed E-state index contributed by atoms with van der Waals surface area (Å²) < 4.78 is 26.3. The first-order chi connectivity index (χ1) is 15.1. The molecule has 10 nitrogen and oxygen atoms in total. The lowest BCUT2D eigenvalue weighted by molar-refractivity contribution is 0.0591. The number of aromatic nitrogens is 3. The summed E-state index contributed by atoms with van der Waals surface area (Å²) in [6.07, 6.45) is 0. The SMILES string of the molecule is COC(=O)c1nc(NCCOc2ccccc2)ccc1Oc1nc(OC)cc(OC)n1. The molecule has 0 aliphatic rings. The fourth-order valence-electron chi connectivity index (χ4n) is 2.47. The normalized spacial score (nSPS) is 10.2. The Morgan fingerprint density at radius 1 is 0.935 bits per heavy atom. The molecule has 0 aliphatic carbocycles. The number of rotatable bonds is 10. The Bertz CT molecular complexity index is 994. The van der Waals surface area contributed by atoms with E-state index in [1.54, 1.807) is 12.1 Å². The Morgan fingerprint density at radius 3 is 2.29 bits per heavy atom. The third kappa shape index (κ3) is 5.95. The quantitative estimate of drug-likeness (QED) is 0.383. The van der Waals surface area contributed by atoms with Crippen LogP contribution in [0, 0.1) is 0 Å². The Morgan fingerprint density at radius 2 is 1.65 bits per heavy atom. The summed E-state index contributed by atoms with van der Waals surface area (Å²) in [5.74, 6) is 1.15. The number of carbonyl (C=O) groups is 1. The van der Waals surface area contributed by atoms with Crippen LogP contribution in [0.4, 0.5) is 5.82 Å². The van der Waals surface area contributed by atoms with Gasteiger partial charge in [0.25, 0.3) is 0 Å². The molecule has 0 atom stereocenters. The van der Waals surface area contributed by atoms with Crippen molar-refractivity contribution >= 4 is 11.8 Å². The molecule has 2 aromatic heterocycles. The first-order valence-corrected chi connectivity index (χ1v) is 9.29.